The molecule has 2 aromatic rings. The van der Waals surface area contributed by atoms with E-state index < -0.39 is 0 Å². The van der Waals surface area contributed by atoms with Crippen molar-refractivity contribution in [3.05, 3.63) is 10.9 Å². The minimum atomic E-state index is 0.125. The van der Waals surface area contributed by atoms with Gasteiger partial charge in [-0.3, -0.25) is 0 Å². The molecule has 0 fully saturated rings. The molecule has 20 heavy (non-hydrogen) atoms. The largest absolute Gasteiger partial charge is 0.357 e. The number of hydrogen-bond acceptors (Lipinski definition) is 7. The SMILES string of the molecule is CCc1cc2c(N(CC#N)CC#N)nc(NC)nc2s1. The number of nitrogens with one attached hydrogen (secondary N) is 1. The number of hydrogen-bond donors (Lipinski definition) is 1. The molecule has 2 heterocycles. The molecule has 0 bridgehead atoms. The highest BCUT2D eigenvalue weighted by atomic mass is 32.1. The molecule has 7 heteroatoms. The van der Waals surface area contributed by atoms with E-state index in [4.69, 9.17) is 10.5 Å². The van der Waals surface area contributed by atoms with Crippen LogP contribution >= 0.6 is 11.3 Å². The fourth-order valence-corrected chi connectivity index (χ4v) is 2.82. The molecule has 6 nitrogen and oxygen atoms in total. The van der Waals surface area contributed by atoms with Crippen LogP contribution in [0.4, 0.5) is 11.8 Å². The molecule has 2 aromatic heterocycles. The molecule has 0 amide bonds. The Bertz CT molecular complexity index is 677. The third kappa shape index (κ3) is 2.63. The fraction of sp³-hybridized carbons (Fsp3) is 0.385. The lowest BCUT2D eigenvalue weighted by Gasteiger charge is -2.18. The lowest BCUT2D eigenvalue weighted by molar-refractivity contribution is 0.939. The Hall–Kier alpha value is -2.38. The molecular formula is C13H14N6S. The first-order valence-electron chi connectivity index (χ1n) is 6.20. The summed E-state index contributed by atoms with van der Waals surface area (Å²) in [7, 11) is 1.75. The zero-order valence-electron chi connectivity index (χ0n) is 11.3. The van der Waals surface area contributed by atoms with Crippen LogP contribution in [0.3, 0.4) is 0 Å². The van der Waals surface area contributed by atoms with Crippen molar-refractivity contribution in [1.29, 1.82) is 10.5 Å². The maximum atomic E-state index is 8.92. The van der Waals surface area contributed by atoms with Crippen LogP contribution in [-0.2, 0) is 6.42 Å². The van der Waals surface area contributed by atoms with Crippen molar-refractivity contribution in [3.63, 3.8) is 0 Å². The zero-order valence-corrected chi connectivity index (χ0v) is 12.2. The van der Waals surface area contributed by atoms with Gasteiger partial charge >= 0.3 is 0 Å². The quantitative estimate of drug-likeness (QED) is 0.847. The van der Waals surface area contributed by atoms with E-state index in [9.17, 15) is 0 Å². The van der Waals surface area contributed by atoms with Crippen molar-refractivity contribution < 1.29 is 0 Å². The zero-order chi connectivity index (χ0) is 14.5. The van der Waals surface area contributed by atoms with E-state index in [-0.39, 0.29) is 13.1 Å². The Labute approximate surface area is 121 Å². The van der Waals surface area contributed by atoms with Gasteiger partial charge in [-0.2, -0.15) is 15.5 Å². The molecule has 102 valence electrons. The molecule has 0 aliphatic rings. The van der Waals surface area contributed by atoms with Crippen molar-refractivity contribution in [2.75, 3.05) is 30.4 Å². The Balaban J connectivity index is 2.62. The van der Waals surface area contributed by atoms with Crippen LogP contribution in [0, 0.1) is 22.7 Å². The van der Waals surface area contributed by atoms with Gasteiger partial charge in [-0.25, -0.2) is 4.98 Å². The summed E-state index contributed by atoms with van der Waals surface area (Å²) < 4.78 is 0. The summed E-state index contributed by atoms with van der Waals surface area (Å²) in [6, 6.07) is 6.18. The third-order valence-corrected chi connectivity index (χ3v) is 3.99. The number of rotatable bonds is 5. The first kappa shape index (κ1) is 14.0. The molecule has 0 aliphatic carbocycles. The van der Waals surface area contributed by atoms with Crippen molar-refractivity contribution in [3.8, 4) is 12.1 Å². The highest BCUT2D eigenvalue weighted by Crippen LogP contribution is 2.32. The first-order chi connectivity index (χ1) is 9.73. The minimum absolute atomic E-state index is 0.125. The van der Waals surface area contributed by atoms with Crippen LogP contribution in [0.25, 0.3) is 10.2 Å². The maximum Gasteiger partial charge on any atom is 0.225 e. The van der Waals surface area contributed by atoms with Crippen LogP contribution in [0.15, 0.2) is 6.07 Å². The second-order valence-electron chi connectivity index (χ2n) is 4.08. The molecule has 1 N–H and O–H groups in total. The Kier molecular flexibility index (Phi) is 4.34. The summed E-state index contributed by atoms with van der Waals surface area (Å²) in [5.74, 6) is 1.14. The molecular weight excluding hydrogens is 272 g/mol. The standard InChI is InChI=1S/C13H14N6S/c1-3-9-8-10-11(19(6-4-14)7-5-15)17-13(16-2)18-12(10)20-9/h8H,3,6-7H2,1-2H3,(H,16,17,18). The summed E-state index contributed by atoms with van der Waals surface area (Å²) in [4.78, 5) is 12.6. The second-order valence-corrected chi connectivity index (χ2v) is 5.19. The van der Waals surface area contributed by atoms with Crippen LogP contribution < -0.4 is 10.2 Å². The van der Waals surface area contributed by atoms with E-state index in [0.717, 1.165) is 16.6 Å². The summed E-state index contributed by atoms with van der Waals surface area (Å²) in [6.07, 6.45) is 0.922. The predicted octanol–water partition coefficient (Wildman–Crippen LogP) is 2.15. The number of nitriles is 2. The Morgan fingerprint density at radius 3 is 2.55 bits per heavy atom. The number of anilines is 2. The summed E-state index contributed by atoms with van der Waals surface area (Å²) in [5.41, 5.74) is 0. The minimum Gasteiger partial charge on any atom is -0.357 e. The lowest BCUT2D eigenvalue weighted by atomic mass is 10.3. The van der Waals surface area contributed by atoms with Gasteiger partial charge in [0.05, 0.1) is 17.5 Å². The van der Waals surface area contributed by atoms with Gasteiger partial charge in [0.2, 0.25) is 5.95 Å². The molecule has 0 radical (unpaired) electrons. The van der Waals surface area contributed by atoms with E-state index in [1.807, 2.05) is 6.07 Å². The normalized spacial score (nSPS) is 10.0. The molecule has 0 aromatic carbocycles. The molecule has 0 unspecified atom stereocenters. The monoisotopic (exact) mass is 286 g/mol. The Morgan fingerprint density at radius 2 is 2.00 bits per heavy atom. The molecule has 0 aliphatic heterocycles. The van der Waals surface area contributed by atoms with Crippen molar-refractivity contribution >= 4 is 33.3 Å². The van der Waals surface area contributed by atoms with Gasteiger partial charge in [0.25, 0.3) is 0 Å². The van der Waals surface area contributed by atoms with Gasteiger partial charge in [-0.15, -0.1) is 11.3 Å². The van der Waals surface area contributed by atoms with Gasteiger partial charge < -0.3 is 10.2 Å². The van der Waals surface area contributed by atoms with Crippen LogP contribution in [-0.4, -0.2) is 30.1 Å². The van der Waals surface area contributed by atoms with Crippen LogP contribution in [0.1, 0.15) is 11.8 Å². The third-order valence-electron chi connectivity index (χ3n) is 2.82. The van der Waals surface area contributed by atoms with Gasteiger partial charge in [0, 0.05) is 11.9 Å². The molecule has 2 rings (SSSR count). The first-order valence-corrected chi connectivity index (χ1v) is 7.02. The maximum absolute atomic E-state index is 8.92. The fourth-order valence-electron chi connectivity index (χ4n) is 1.86. The van der Waals surface area contributed by atoms with E-state index >= 15 is 0 Å². The van der Waals surface area contributed by atoms with Crippen LogP contribution in [0.2, 0.25) is 0 Å². The molecule has 0 saturated heterocycles. The topological polar surface area (TPSA) is 88.6 Å². The molecule has 0 saturated carbocycles. The van der Waals surface area contributed by atoms with Gasteiger partial charge in [-0.1, -0.05) is 6.92 Å². The molecule has 0 spiro atoms. The number of thiophene rings is 1. The average Bonchev–Trinajstić information content (AvgIpc) is 2.89. The summed E-state index contributed by atoms with van der Waals surface area (Å²) in [5, 5.41) is 21.7. The van der Waals surface area contributed by atoms with E-state index in [1.54, 1.807) is 23.3 Å². The number of aryl methyl sites for hydroxylation is 1. The van der Waals surface area contributed by atoms with Gasteiger partial charge in [-0.05, 0) is 12.5 Å². The highest BCUT2D eigenvalue weighted by molar-refractivity contribution is 7.18. The number of nitrogens with zero attached hydrogens (tertiary/aromatic N) is 5. The predicted molar refractivity (Wildman–Crippen MR) is 79.8 cm³/mol. The van der Waals surface area contributed by atoms with E-state index in [0.29, 0.717) is 11.8 Å². The highest BCUT2D eigenvalue weighted by Gasteiger charge is 2.16. The molecule has 0 atom stereocenters. The van der Waals surface area contributed by atoms with Gasteiger partial charge in [0.1, 0.15) is 23.7 Å². The second kappa shape index (κ2) is 6.18. The smallest absolute Gasteiger partial charge is 0.225 e. The number of fused-ring (bicyclic) bond motifs is 1. The lowest BCUT2D eigenvalue weighted by Crippen LogP contribution is -2.25. The van der Waals surface area contributed by atoms with E-state index in [2.05, 4.69) is 34.3 Å². The van der Waals surface area contributed by atoms with Gasteiger partial charge in [0.15, 0.2) is 0 Å². The van der Waals surface area contributed by atoms with E-state index in [1.165, 1.54) is 4.88 Å². The van der Waals surface area contributed by atoms with Crippen LogP contribution in [0.5, 0.6) is 0 Å². The summed E-state index contributed by atoms with van der Waals surface area (Å²) >= 11 is 1.61. The van der Waals surface area contributed by atoms with Crippen molar-refractivity contribution in [2.45, 2.75) is 13.3 Å². The average molecular weight is 286 g/mol. The van der Waals surface area contributed by atoms with Crippen molar-refractivity contribution in [2.24, 2.45) is 0 Å². The van der Waals surface area contributed by atoms with Crippen molar-refractivity contribution in [1.82, 2.24) is 9.97 Å². The Morgan fingerprint density at radius 1 is 1.30 bits per heavy atom. The number of aromatic nitrogens is 2. The summed E-state index contributed by atoms with van der Waals surface area (Å²) in [6.45, 7) is 2.33.